The predicted octanol–water partition coefficient (Wildman–Crippen LogP) is 3.32. The lowest BCUT2D eigenvalue weighted by Crippen LogP contribution is -2.08. The zero-order chi connectivity index (χ0) is 18.9. The molecule has 0 aliphatic rings. The van der Waals surface area contributed by atoms with Gasteiger partial charge >= 0.3 is 12.1 Å². The first-order chi connectivity index (χ1) is 12.3. The lowest BCUT2D eigenvalue weighted by atomic mass is 10.2. The Morgan fingerprint density at radius 2 is 2.00 bits per heavy atom. The van der Waals surface area contributed by atoms with Crippen molar-refractivity contribution >= 4 is 28.5 Å². The number of fused-ring (bicyclic) bond motifs is 1. The van der Waals surface area contributed by atoms with Crippen molar-refractivity contribution in [1.82, 2.24) is 14.6 Å². The second-order valence-corrected chi connectivity index (χ2v) is 6.01. The smallest absolute Gasteiger partial charge is 0.453 e. The van der Waals surface area contributed by atoms with Crippen LogP contribution in [0.1, 0.15) is 26.8 Å². The molecule has 2 heterocycles. The number of oxime groups is 1. The normalized spacial score (nSPS) is 12.0. The highest BCUT2D eigenvalue weighted by molar-refractivity contribution is 7.18. The summed E-state index contributed by atoms with van der Waals surface area (Å²) in [6.07, 6.45) is -3.33. The van der Waals surface area contributed by atoms with E-state index in [2.05, 4.69) is 15.2 Å². The second-order valence-electron chi connectivity index (χ2n) is 5.03. The molecule has 0 aliphatic carbocycles. The molecule has 0 atom stereocenters. The average Bonchev–Trinajstić information content (AvgIpc) is 3.15. The van der Waals surface area contributed by atoms with Crippen molar-refractivity contribution in [3.8, 4) is 5.75 Å². The number of benzene rings is 1. The fraction of sp³-hybridized carbons (Fsp3) is 0.200. The van der Waals surface area contributed by atoms with Gasteiger partial charge in [0.15, 0.2) is 0 Å². The van der Waals surface area contributed by atoms with E-state index >= 15 is 0 Å². The molecule has 3 aromatic rings. The van der Waals surface area contributed by atoms with Crippen LogP contribution in [0.15, 0.2) is 29.4 Å². The Morgan fingerprint density at radius 1 is 1.31 bits per heavy atom. The van der Waals surface area contributed by atoms with Crippen molar-refractivity contribution in [2.24, 2.45) is 5.16 Å². The molecule has 26 heavy (non-hydrogen) atoms. The van der Waals surface area contributed by atoms with Crippen LogP contribution in [0.3, 0.4) is 0 Å². The van der Waals surface area contributed by atoms with Gasteiger partial charge in [-0.05, 0) is 36.8 Å². The van der Waals surface area contributed by atoms with Crippen molar-refractivity contribution in [3.05, 3.63) is 46.2 Å². The van der Waals surface area contributed by atoms with Crippen LogP contribution in [0.25, 0.3) is 4.96 Å². The van der Waals surface area contributed by atoms with E-state index in [0.29, 0.717) is 11.3 Å². The van der Waals surface area contributed by atoms with Crippen molar-refractivity contribution < 1.29 is 27.5 Å². The Bertz CT molecular complexity index is 977. The number of ether oxygens (including phenoxy) is 1. The number of methoxy groups -OCH3 is 1. The third kappa shape index (κ3) is 3.52. The summed E-state index contributed by atoms with van der Waals surface area (Å²) in [5, 5.41) is 6.95. The van der Waals surface area contributed by atoms with Crippen molar-refractivity contribution in [2.45, 2.75) is 13.1 Å². The van der Waals surface area contributed by atoms with Crippen LogP contribution >= 0.6 is 11.3 Å². The van der Waals surface area contributed by atoms with E-state index in [1.165, 1.54) is 20.2 Å². The molecular formula is C15H11F3N4O3S. The number of hydrogen-bond acceptors (Lipinski definition) is 7. The number of alkyl halides is 3. The minimum Gasteiger partial charge on any atom is -0.497 e. The van der Waals surface area contributed by atoms with Crippen molar-refractivity contribution in [2.75, 3.05) is 7.11 Å². The maximum absolute atomic E-state index is 12.6. The summed E-state index contributed by atoms with van der Waals surface area (Å²) >= 11 is 0.745. The fourth-order valence-electron chi connectivity index (χ4n) is 2.02. The Kier molecular flexibility index (Phi) is 4.64. The first kappa shape index (κ1) is 17.9. The van der Waals surface area contributed by atoms with Gasteiger partial charge in [-0.1, -0.05) is 16.5 Å². The van der Waals surface area contributed by atoms with E-state index in [-0.39, 0.29) is 15.5 Å². The molecule has 0 saturated carbocycles. The molecule has 3 rings (SSSR count). The Balaban J connectivity index is 1.74. The second kappa shape index (κ2) is 6.75. The van der Waals surface area contributed by atoms with E-state index < -0.39 is 18.0 Å². The third-order valence-electron chi connectivity index (χ3n) is 3.31. The quantitative estimate of drug-likeness (QED) is 0.392. The largest absolute Gasteiger partial charge is 0.497 e. The van der Waals surface area contributed by atoms with Crippen LogP contribution in [0.5, 0.6) is 5.75 Å². The van der Waals surface area contributed by atoms with Gasteiger partial charge in [0.25, 0.3) is 5.82 Å². The van der Waals surface area contributed by atoms with Gasteiger partial charge in [0.1, 0.15) is 10.6 Å². The average molecular weight is 384 g/mol. The summed E-state index contributed by atoms with van der Waals surface area (Å²) in [5.74, 6) is -1.40. The molecule has 136 valence electrons. The third-order valence-corrected chi connectivity index (χ3v) is 4.42. The molecule has 2 aromatic heterocycles. The summed E-state index contributed by atoms with van der Waals surface area (Å²) in [6.45, 7) is 1.45. The topological polar surface area (TPSA) is 78.1 Å². The van der Waals surface area contributed by atoms with E-state index in [1.807, 2.05) is 0 Å². The maximum Gasteiger partial charge on any atom is 0.453 e. The van der Waals surface area contributed by atoms with Crippen LogP contribution in [0.4, 0.5) is 13.2 Å². The van der Waals surface area contributed by atoms with Gasteiger partial charge in [0, 0.05) is 0 Å². The fourth-order valence-corrected chi connectivity index (χ4v) is 2.95. The summed E-state index contributed by atoms with van der Waals surface area (Å²) in [6, 6.07) is 6.85. The van der Waals surface area contributed by atoms with Crippen molar-refractivity contribution in [1.29, 1.82) is 0 Å². The van der Waals surface area contributed by atoms with Gasteiger partial charge in [-0.25, -0.2) is 9.31 Å². The maximum atomic E-state index is 12.6. The summed E-state index contributed by atoms with van der Waals surface area (Å²) in [7, 11) is 1.54. The monoisotopic (exact) mass is 384 g/mol. The first-order valence-corrected chi connectivity index (χ1v) is 7.93. The summed E-state index contributed by atoms with van der Waals surface area (Å²) in [4.78, 5) is 20.2. The lowest BCUT2D eigenvalue weighted by molar-refractivity contribution is -0.144. The zero-order valence-corrected chi connectivity index (χ0v) is 14.3. The number of thiazole rings is 1. The Morgan fingerprint density at radius 3 is 2.58 bits per heavy atom. The van der Waals surface area contributed by atoms with Crippen LogP contribution < -0.4 is 4.74 Å². The number of nitrogens with zero attached hydrogens (tertiary/aromatic N) is 4. The lowest BCUT2D eigenvalue weighted by Gasteiger charge is -1.99. The molecule has 11 heteroatoms. The van der Waals surface area contributed by atoms with E-state index in [4.69, 9.17) is 9.57 Å². The zero-order valence-electron chi connectivity index (χ0n) is 13.4. The summed E-state index contributed by atoms with van der Waals surface area (Å²) in [5.41, 5.74) is 0.866. The van der Waals surface area contributed by atoms with Gasteiger partial charge < -0.3 is 9.57 Å². The van der Waals surface area contributed by atoms with Gasteiger partial charge in [-0.15, -0.1) is 5.10 Å². The number of carbonyl (C=O) groups excluding carboxylic acids is 1. The minimum atomic E-state index is -4.65. The number of aromatic nitrogens is 3. The van der Waals surface area contributed by atoms with Gasteiger partial charge in [0.05, 0.1) is 19.0 Å². The molecule has 0 aliphatic heterocycles. The van der Waals surface area contributed by atoms with E-state index in [9.17, 15) is 18.0 Å². The first-order valence-electron chi connectivity index (χ1n) is 7.11. The molecule has 0 fully saturated rings. The van der Waals surface area contributed by atoms with E-state index in [0.717, 1.165) is 15.9 Å². The van der Waals surface area contributed by atoms with Crippen LogP contribution in [0, 0.1) is 6.92 Å². The molecule has 0 bridgehead atoms. The molecule has 7 nitrogen and oxygen atoms in total. The van der Waals surface area contributed by atoms with E-state index in [1.54, 1.807) is 24.3 Å². The van der Waals surface area contributed by atoms with Crippen LogP contribution in [-0.2, 0) is 11.0 Å². The predicted molar refractivity (Wildman–Crippen MR) is 86.6 cm³/mol. The molecular weight excluding hydrogens is 373 g/mol. The molecule has 0 N–H and O–H groups in total. The van der Waals surface area contributed by atoms with Crippen LogP contribution in [-0.4, -0.2) is 33.9 Å². The number of aryl methyl sites for hydroxylation is 1. The van der Waals surface area contributed by atoms with Crippen LogP contribution in [0.2, 0.25) is 0 Å². The summed E-state index contributed by atoms with van der Waals surface area (Å²) < 4.78 is 43.8. The number of carbonyl (C=O) groups is 1. The number of hydrogen-bond donors (Lipinski definition) is 0. The standard InChI is InChI=1S/C15H11F3N4O3S/c1-8-11(26-14-20-13(15(16,17)18)21-22(8)14)12(23)25-19-7-9-3-5-10(24-2)6-4-9/h3-7H,1-2H3/b19-7-. The Hall–Kier alpha value is -2.95. The minimum absolute atomic E-state index is 0.0547. The molecule has 0 spiro atoms. The molecule has 0 radical (unpaired) electrons. The highest BCUT2D eigenvalue weighted by atomic mass is 32.1. The van der Waals surface area contributed by atoms with Gasteiger partial charge in [-0.2, -0.15) is 18.2 Å². The molecule has 1 aromatic carbocycles. The molecule has 0 saturated heterocycles. The molecule has 0 amide bonds. The number of halogens is 3. The van der Waals surface area contributed by atoms with Crippen molar-refractivity contribution in [3.63, 3.8) is 0 Å². The highest BCUT2D eigenvalue weighted by Crippen LogP contribution is 2.29. The van der Waals surface area contributed by atoms with Gasteiger partial charge in [0.2, 0.25) is 4.96 Å². The highest BCUT2D eigenvalue weighted by Gasteiger charge is 2.37. The Labute approximate surface area is 148 Å². The van der Waals surface area contributed by atoms with Gasteiger partial charge in [-0.3, -0.25) is 0 Å². The molecule has 0 unspecified atom stereocenters. The SMILES string of the molecule is COc1ccc(/C=N\OC(=O)c2sc3nc(C(F)(F)F)nn3c2C)cc1. The number of rotatable bonds is 4.